The lowest BCUT2D eigenvalue weighted by Crippen LogP contribution is -2.64. The van der Waals surface area contributed by atoms with E-state index in [1.54, 1.807) is 24.3 Å². The van der Waals surface area contributed by atoms with E-state index in [9.17, 15) is 9.59 Å². The van der Waals surface area contributed by atoms with E-state index >= 15 is 8.78 Å². The average molecular weight is 555 g/mol. The van der Waals surface area contributed by atoms with Gasteiger partial charge in [-0.05, 0) is 23.6 Å². The first kappa shape index (κ1) is 29.5. The summed E-state index contributed by atoms with van der Waals surface area (Å²) in [4.78, 5) is 25.7. The van der Waals surface area contributed by atoms with Gasteiger partial charge in [0.25, 0.3) is 0 Å². The van der Waals surface area contributed by atoms with Gasteiger partial charge in [-0.25, -0.2) is 4.79 Å². The van der Waals surface area contributed by atoms with Crippen LogP contribution in [-0.2, 0) is 53.1 Å². The molecule has 1 unspecified atom stereocenters. The van der Waals surface area contributed by atoms with Crippen LogP contribution in [-0.4, -0.2) is 55.3 Å². The Morgan fingerprint density at radius 2 is 1.30 bits per heavy atom. The molecule has 4 rings (SSSR count). The minimum absolute atomic E-state index is 0.0439. The molecule has 212 valence electrons. The number of benzene rings is 3. The van der Waals surface area contributed by atoms with Gasteiger partial charge >= 0.3 is 11.9 Å². The average Bonchev–Trinajstić information content (AvgIpc) is 2.98. The van der Waals surface area contributed by atoms with Crippen molar-refractivity contribution < 1.29 is 42.1 Å². The number of ether oxygens (including phenoxy) is 5. The maximum absolute atomic E-state index is 15.3. The van der Waals surface area contributed by atoms with Gasteiger partial charge in [-0.15, -0.1) is 0 Å². The van der Waals surface area contributed by atoms with E-state index < -0.39 is 42.1 Å². The molecule has 1 aliphatic heterocycles. The molecule has 0 N–H and O–H groups in total. The Hall–Kier alpha value is -3.50. The van der Waals surface area contributed by atoms with Gasteiger partial charge in [0.2, 0.25) is 0 Å². The number of alkyl halides is 2. The molecule has 1 aliphatic rings. The fourth-order valence-electron chi connectivity index (χ4n) is 4.32. The molecule has 9 heteroatoms. The Morgan fingerprint density at radius 3 is 1.82 bits per heavy atom. The van der Waals surface area contributed by atoms with Crippen molar-refractivity contribution in [1.82, 2.24) is 0 Å². The highest BCUT2D eigenvalue weighted by molar-refractivity contribution is 5.95. The van der Waals surface area contributed by atoms with Crippen molar-refractivity contribution in [2.24, 2.45) is 0 Å². The van der Waals surface area contributed by atoms with Gasteiger partial charge in [-0.2, -0.15) is 8.78 Å². The van der Waals surface area contributed by atoms with Crippen molar-refractivity contribution >= 4 is 11.8 Å². The van der Waals surface area contributed by atoms with E-state index in [-0.39, 0.29) is 33.0 Å². The molecule has 1 saturated heterocycles. The van der Waals surface area contributed by atoms with Gasteiger partial charge in [0.15, 0.2) is 11.9 Å². The van der Waals surface area contributed by atoms with Crippen molar-refractivity contribution in [2.75, 3.05) is 13.2 Å². The van der Waals surface area contributed by atoms with Crippen LogP contribution in [0.5, 0.6) is 0 Å². The maximum atomic E-state index is 15.3. The zero-order valence-corrected chi connectivity index (χ0v) is 22.1. The molecule has 3 aromatic carbocycles. The summed E-state index contributed by atoms with van der Waals surface area (Å²) in [7, 11) is 0. The number of carbonyl (C=O) groups excluding carboxylic acids is 2. The third-order valence-electron chi connectivity index (χ3n) is 6.34. The molecule has 0 aliphatic carbocycles. The molecule has 0 aromatic heterocycles. The number of halogens is 2. The predicted molar refractivity (Wildman–Crippen MR) is 141 cm³/mol. The second-order valence-corrected chi connectivity index (χ2v) is 9.28. The van der Waals surface area contributed by atoms with E-state index in [2.05, 4.69) is 4.74 Å². The van der Waals surface area contributed by atoms with Crippen molar-refractivity contribution in [1.29, 1.82) is 0 Å². The third kappa shape index (κ3) is 7.57. The Labute approximate surface area is 232 Å². The second kappa shape index (κ2) is 14.2. The topological polar surface area (TPSA) is 80.3 Å². The van der Waals surface area contributed by atoms with Gasteiger partial charge in [-0.3, -0.25) is 4.79 Å². The van der Waals surface area contributed by atoms with E-state index in [0.29, 0.717) is 0 Å². The minimum Gasteiger partial charge on any atom is -0.461 e. The highest BCUT2D eigenvalue weighted by Gasteiger charge is 2.60. The number of rotatable bonds is 13. The van der Waals surface area contributed by atoms with E-state index in [4.69, 9.17) is 18.9 Å². The number of Topliss-reactive ketones (excluding diaryl/α,β-unsaturated/α-hetero) is 1. The summed E-state index contributed by atoms with van der Waals surface area (Å²) in [5.41, 5.74) is 2.40. The predicted octanol–water partition coefficient (Wildman–Crippen LogP) is 4.91. The largest absolute Gasteiger partial charge is 0.461 e. The van der Waals surface area contributed by atoms with Gasteiger partial charge in [0.1, 0.15) is 18.3 Å². The maximum Gasteiger partial charge on any atom is 0.380 e. The second-order valence-electron chi connectivity index (χ2n) is 9.28. The molecular formula is C31H32F2O7. The Kier molecular flexibility index (Phi) is 10.5. The van der Waals surface area contributed by atoms with E-state index in [0.717, 1.165) is 16.7 Å². The fraction of sp³-hybridized carbons (Fsp3) is 0.355. The first-order chi connectivity index (χ1) is 19.4. The summed E-state index contributed by atoms with van der Waals surface area (Å²) >= 11 is 0. The molecule has 0 spiro atoms. The molecule has 0 bridgehead atoms. The SMILES string of the molecule is CCOC(=O)C(F)(F)[C@@H]1OC(COCc2ccccc2)[C@H](OCc2ccccc2)[C@H](OCc2ccccc2)C1=O. The van der Waals surface area contributed by atoms with Crippen molar-refractivity contribution in [3.05, 3.63) is 108 Å². The van der Waals surface area contributed by atoms with Gasteiger partial charge in [0.05, 0.1) is 33.0 Å². The van der Waals surface area contributed by atoms with Crippen LogP contribution in [0.3, 0.4) is 0 Å². The van der Waals surface area contributed by atoms with Crippen LogP contribution in [0.4, 0.5) is 8.78 Å². The fourth-order valence-corrected chi connectivity index (χ4v) is 4.32. The van der Waals surface area contributed by atoms with Crippen LogP contribution >= 0.6 is 0 Å². The lowest BCUT2D eigenvalue weighted by atomic mass is 9.92. The summed E-state index contributed by atoms with van der Waals surface area (Å²) in [6, 6.07) is 27.5. The van der Waals surface area contributed by atoms with Gasteiger partial charge < -0.3 is 23.7 Å². The van der Waals surface area contributed by atoms with Crippen LogP contribution in [0.25, 0.3) is 0 Å². The summed E-state index contributed by atoms with van der Waals surface area (Å²) in [5.74, 6) is -7.20. The molecular weight excluding hydrogens is 522 g/mol. The molecule has 0 amide bonds. The highest BCUT2D eigenvalue weighted by Crippen LogP contribution is 2.34. The molecule has 3 aromatic rings. The van der Waals surface area contributed by atoms with Crippen LogP contribution in [0.15, 0.2) is 91.0 Å². The standard InChI is InChI=1S/C31H32F2O7/c1-2-37-30(35)31(32,33)29-26(34)28(39-20-24-16-10-5-11-17-24)27(38-19-23-14-8-4-9-15-23)25(40-29)21-36-18-22-12-6-3-7-13-22/h3-17,25,27-29H,2,18-21H2,1H3/t25?,27-,28+,29+/m0/s1. The summed E-state index contributed by atoms with van der Waals surface area (Å²) in [6.07, 6.45) is -6.15. The number of carbonyl (C=O) groups is 2. The number of hydrogen-bond acceptors (Lipinski definition) is 7. The summed E-state index contributed by atoms with van der Waals surface area (Å²) in [6.45, 7) is 1.13. The van der Waals surface area contributed by atoms with E-state index in [1.807, 2.05) is 66.7 Å². The normalized spacial score (nSPS) is 21.2. The Morgan fingerprint density at radius 1 is 0.800 bits per heavy atom. The van der Waals surface area contributed by atoms with Crippen LogP contribution in [0.1, 0.15) is 23.6 Å². The van der Waals surface area contributed by atoms with Crippen molar-refractivity contribution in [3.8, 4) is 0 Å². The van der Waals surface area contributed by atoms with Gasteiger partial charge in [0, 0.05) is 0 Å². The molecule has 1 fully saturated rings. The number of ketones is 1. The highest BCUT2D eigenvalue weighted by atomic mass is 19.3. The quantitative estimate of drug-likeness (QED) is 0.278. The molecule has 0 saturated carbocycles. The summed E-state index contributed by atoms with van der Waals surface area (Å²) < 4.78 is 58.6. The molecule has 40 heavy (non-hydrogen) atoms. The Bertz CT molecular complexity index is 1210. The first-order valence-corrected chi connectivity index (χ1v) is 13.1. The van der Waals surface area contributed by atoms with Crippen molar-refractivity contribution in [3.63, 3.8) is 0 Å². The smallest absolute Gasteiger partial charge is 0.380 e. The van der Waals surface area contributed by atoms with Crippen LogP contribution < -0.4 is 0 Å². The number of hydrogen-bond donors (Lipinski definition) is 0. The Balaban J connectivity index is 1.61. The van der Waals surface area contributed by atoms with Crippen molar-refractivity contribution in [2.45, 2.75) is 57.1 Å². The minimum atomic E-state index is -4.25. The zero-order chi connectivity index (χ0) is 28.4. The lowest BCUT2D eigenvalue weighted by molar-refractivity contribution is -0.248. The molecule has 7 nitrogen and oxygen atoms in total. The third-order valence-corrected chi connectivity index (χ3v) is 6.34. The summed E-state index contributed by atoms with van der Waals surface area (Å²) in [5, 5.41) is 0. The van der Waals surface area contributed by atoms with E-state index in [1.165, 1.54) is 6.92 Å². The van der Waals surface area contributed by atoms with Gasteiger partial charge in [-0.1, -0.05) is 91.0 Å². The van der Waals surface area contributed by atoms with Crippen LogP contribution in [0.2, 0.25) is 0 Å². The van der Waals surface area contributed by atoms with Crippen LogP contribution in [0, 0.1) is 0 Å². The lowest BCUT2D eigenvalue weighted by Gasteiger charge is -2.41. The molecule has 1 heterocycles. The zero-order valence-electron chi connectivity index (χ0n) is 22.1. The number of esters is 1. The molecule has 0 radical (unpaired) electrons. The first-order valence-electron chi connectivity index (χ1n) is 13.1. The molecule has 4 atom stereocenters. The monoisotopic (exact) mass is 554 g/mol.